The SMILES string of the molecule is COc1cc2[nH]cc(C(=O)NCCCN(C)C)c2c(OC)c1OC. The first-order valence-corrected chi connectivity index (χ1v) is 7.76. The van der Waals surface area contributed by atoms with Gasteiger partial charge in [0.25, 0.3) is 5.91 Å². The maximum absolute atomic E-state index is 12.5. The first-order chi connectivity index (χ1) is 11.5. The zero-order valence-electron chi connectivity index (χ0n) is 14.9. The van der Waals surface area contributed by atoms with Crippen LogP contribution in [0.25, 0.3) is 10.9 Å². The molecule has 0 aliphatic heterocycles. The van der Waals surface area contributed by atoms with E-state index in [0.717, 1.165) is 18.5 Å². The van der Waals surface area contributed by atoms with Crippen LogP contribution in [0.1, 0.15) is 16.8 Å². The minimum absolute atomic E-state index is 0.148. The molecule has 2 N–H and O–H groups in total. The highest BCUT2D eigenvalue weighted by molar-refractivity contribution is 6.10. The number of rotatable bonds is 8. The lowest BCUT2D eigenvalue weighted by Gasteiger charge is -2.14. The maximum atomic E-state index is 12.5. The van der Waals surface area contributed by atoms with Crippen molar-refractivity contribution in [3.63, 3.8) is 0 Å². The monoisotopic (exact) mass is 335 g/mol. The lowest BCUT2D eigenvalue weighted by atomic mass is 10.1. The van der Waals surface area contributed by atoms with E-state index in [-0.39, 0.29) is 5.91 Å². The van der Waals surface area contributed by atoms with Crippen LogP contribution in [0.2, 0.25) is 0 Å². The number of H-pyrrole nitrogens is 1. The quantitative estimate of drug-likeness (QED) is 0.721. The topological polar surface area (TPSA) is 75.8 Å². The average Bonchev–Trinajstić information content (AvgIpc) is 3.00. The van der Waals surface area contributed by atoms with Crippen LogP contribution in [0, 0.1) is 0 Å². The van der Waals surface area contributed by atoms with Crippen LogP contribution in [0.4, 0.5) is 0 Å². The van der Waals surface area contributed by atoms with Crippen LogP contribution >= 0.6 is 0 Å². The van der Waals surface area contributed by atoms with Crippen LogP contribution in [0.5, 0.6) is 17.2 Å². The number of carbonyl (C=O) groups excluding carboxylic acids is 1. The fourth-order valence-corrected chi connectivity index (χ4v) is 2.63. The number of benzene rings is 1. The molecule has 7 heteroatoms. The van der Waals surface area contributed by atoms with Gasteiger partial charge in [-0.2, -0.15) is 0 Å². The largest absolute Gasteiger partial charge is 0.493 e. The number of aromatic nitrogens is 1. The van der Waals surface area contributed by atoms with Gasteiger partial charge in [0.2, 0.25) is 5.75 Å². The molecule has 0 aliphatic carbocycles. The molecule has 2 aromatic rings. The van der Waals surface area contributed by atoms with Gasteiger partial charge in [0, 0.05) is 18.8 Å². The summed E-state index contributed by atoms with van der Waals surface area (Å²) in [6.07, 6.45) is 2.56. The number of fused-ring (bicyclic) bond motifs is 1. The first kappa shape index (κ1) is 17.9. The molecular formula is C17H25N3O4. The number of carbonyl (C=O) groups is 1. The summed E-state index contributed by atoms with van der Waals surface area (Å²) in [5.41, 5.74) is 1.27. The summed E-state index contributed by atoms with van der Waals surface area (Å²) in [5.74, 6) is 1.34. The van der Waals surface area contributed by atoms with E-state index in [1.54, 1.807) is 33.6 Å². The molecular weight excluding hydrogens is 310 g/mol. The van der Waals surface area contributed by atoms with E-state index in [1.807, 2.05) is 14.1 Å². The third-order valence-corrected chi connectivity index (χ3v) is 3.78. The molecule has 1 heterocycles. The third-order valence-electron chi connectivity index (χ3n) is 3.78. The summed E-state index contributed by atoms with van der Waals surface area (Å²) >= 11 is 0. The Labute approximate surface area is 141 Å². The van der Waals surface area contributed by atoms with Gasteiger partial charge in [0.05, 0.1) is 37.8 Å². The summed E-state index contributed by atoms with van der Waals surface area (Å²) in [7, 11) is 8.66. The summed E-state index contributed by atoms with van der Waals surface area (Å²) in [4.78, 5) is 17.7. The number of amides is 1. The van der Waals surface area contributed by atoms with Crippen molar-refractivity contribution in [1.29, 1.82) is 0 Å². The summed E-state index contributed by atoms with van der Waals surface area (Å²) < 4.78 is 16.2. The molecule has 0 bridgehead atoms. The molecule has 0 atom stereocenters. The van der Waals surface area contributed by atoms with E-state index in [2.05, 4.69) is 15.2 Å². The van der Waals surface area contributed by atoms with E-state index >= 15 is 0 Å². The third kappa shape index (κ3) is 3.56. The van der Waals surface area contributed by atoms with Crippen molar-refractivity contribution in [1.82, 2.24) is 15.2 Å². The summed E-state index contributed by atoms with van der Waals surface area (Å²) in [6, 6.07) is 1.79. The Bertz CT molecular complexity index is 709. The Morgan fingerprint density at radius 2 is 1.88 bits per heavy atom. The molecule has 1 aromatic carbocycles. The van der Waals surface area contributed by atoms with E-state index in [0.29, 0.717) is 34.7 Å². The van der Waals surface area contributed by atoms with Gasteiger partial charge in [-0.05, 0) is 27.1 Å². The molecule has 132 valence electrons. The van der Waals surface area contributed by atoms with E-state index in [1.165, 1.54) is 0 Å². The van der Waals surface area contributed by atoms with Gasteiger partial charge in [-0.1, -0.05) is 0 Å². The van der Waals surface area contributed by atoms with Gasteiger partial charge in [0.1, 0.15) is 0 Å². The molecule has 1 amide bonds. The molecule has 7 nitrogen and oxygen atoms in total. The Kier molecular flexibility index (Phi) is 5.92. The van der Waals surface area contributed by atoms with Crippen molar-refractivity contribution in [2.24, 2.45) is 0 Å². The predicted molar refractivity (Wildman–Crippen MR) is 93.5 cm³/mol. The molecule has 0 saturated heterocycles. The maximum Gasteiger partial charge on any atom is 0.253 e. The molecule has 0 unspecified atom stereocenters. The van der Waals surface area contributed by atoms with E-state index in [4.69, 9.17) is 14.2 Å². The predicted octanol–water partition coefficient (Wildman–Crippen LogP) is 1.88. The summed E-state index contributed by atoms with van der Waals surface area (Å²) in [5, 5.41) is 3.62. The number of hydrogen-bond acceptors (Lipinski definition) is 5. The van der Waals surface area contributed by atoms with Crippen LogP contribution in [0.3, 0.4) is 0 Å². The normalized spacial score (nSPS) is 10.9. The van der Waals surface area contributed by atoms with Crippen LogP contribution in [-0.2, 0) is 0 Å². The molecule has 0 aliphatic rings. The lowest BCUT2D eigenvalue weighted by molar-refractivity contribution is 0.0954. The van der Waals surface area contributed by atoms with E-state index in [9.17, 15) is 4.79 Å². The second-order valence-corrected chi connectivity index (χ2v) is 5.68. The van der Waals surface area contributed by atoms with Gasteiger partial charge in [-0.3, -0.25) is 4.79 Å². The van der Waals surface area contributed by atoms with Crippen molar-refractivity contribution in [2.45, 2.75) is 6.42 Å². The van der Waals surface area contributed by atoms with Crippen LogP contribution < -0.4 is 19.5 Å². The first-order valence-electron chi connectivity index (χ1n) is 7.76. The van der Waals surface area contributed by atoms with Gasteiger partial charge in [0.15, 0.2) is 11.5 Å². The highest BCUT2D eigenvalue weighted by Crippen LogP contribution is 2.44. The molecule has 2 rings (SSSR count). The highest BCUT2D eigenvalue weighted by atomic mass is 16.5. The fraction of sp³-hybridized carbons (Fsp3) is 0.471. The lowest BCUT2D eigenvalue weighted by Crippen LogP contribution is -2.27. The highest BCUT2D eigenvalue weighted by Gasteiger charge is 2.22. The molecule has 0 spiro atoms. The fourth-order valence-electron chi connectivity index (χ4n) is 2.63. The molecule has 0 radical (unpaired) electrons. The van der Waals surface area contributed by atoms with Crippen molar-refractivity contribution in [3.05, 3.63) is 17.8 Å². The van der Waals surface area contributed by atoms with Crippen molar-refractivity contribution in [2.75, 3.05) is 48.5 Å². The molecule has 0 fully saturated rings. The Hall–Kier alpha value is -2.41. The van der Waals surface area contributed by atoms with Gasteiger partial charge < -0.3 is 29.4 Å². The Balaban J connectivity index is 2.33. The molecule has 0 saturated carbocycles. The van der Waals surface area contributed by atoms with Crippen LogP contribution in [0.15, 0.2) is 12.3 Å². The Morgan fingerprint density at radius 1 is 1.17 bits per heavy atom. The smallest absolute Gasteiger partial charge is 0.253 e. The zero-order valence-corrected chi connectivity index (χ0v) is 14.9. The number of nitrogens with zero attached hydrogens (tertiary/aromatic N) is 1. The second-order valence-electron chi connectivity index (χ2n) is 5.68. The molecule has 1 aromatic heterocycles. The number of nitrogens with one attached hydrogen (secondary N) is 2. The van der Waals surface area contributed by atoms with Gasteiger partial charge in [-0.15, -0.1) is 0 Å². The number of hydrogen-bond donors (Lipinski definition) is 2. The van der Waals surface area contributed by atoms with Crippen molar-refractivity contribution in [3.8, 4) is 17.2 Å². The van der Waals surface area contributed by atoms with Crippen molar-refractivity contribution >= 4 is 16.8 Å². The van der Waals surface area contributed by atoms with Gasteiger partial charge >= 0.3 is 0 Å². The van der Waals surface area contributed by atoms with Gasteiger partial charge in [-0.25, -0.2) is 0 Å². The average molecular weight is 335 g/mol. The number of aromatic amines is 1. The molecule has 24 heavy (non-hydrogen) atoms. The second kappa shape index (κ2) is 7.92. The van der Waals surface area contributed by atoms with E-state index < -0.39 is 0 Å². The number of methoxy groups -OCH3 is 3. The zero-order chi connectivity index (χ0) is 17.7. The number of ether oxygens (including phenoxy) is 3. The summed E-state index contributed by atoms with van der Waals surface area (Å²) in [6.45, 7) is 1.53. The standard InChI is InChI=1S/C17H25N3O4/c1-20(2)8-6-7-18-17(21)11-10-19-12-9-13(22-3)15(23-4)16(24-5)14(11)12/h9-10,19H,6-8H2,1-5H3,(H,18,21). The minimum atomic E-state index is -0.148. The Morgan fingerprint density at radius 3 is 2.46 bits per heavy atom. The van der Waals surface area contributed by atoms with Crippen molar-refractivity contribution < 1.29 is 19.0 Å². The van der Waals surface area contributed by atoms with Crippen LogP contribution in [-0.4, -0.2) is 64.3 Å². The minimum Gasteiger partial charge on any atom is -0.493 e.